The van der Waals surface area contributed by atoms with Gasteiger partial charge in [0, 0.05) is 11.6 Å². The number of nitrogens with zero attached hydrogens (tertiary/aromatic N) is 2. The van der Waals surface area contributed by atoms with Gasteiger partial charge in [-0.25, -0.2) is 9.97 Å². The number of pyridine rings is 2. The predicted molar refractivity (Wildman–Crippen MR) is 73.2 cm³/mol. The molecule has 0 aromatic carbocycles. The summed E-state index contributed by atoms with van der Waals surface area (Å²) in [5, 5.41) is -1.56. The van der Waals surface area contributed by atoms with Crippen LogP contribution >= 0.6 is 11.6 Å². The Kier molecular flexibility index (Phi) is 5.21. The number of hydrogen-bond acceptors (Lipinski definition) is 4. The molecule has 2 aromatic heterocycles. The summed E-state index contributed by atoms with van der Waals surface area (Å²) >= 11 is 5.51. The average molecular weight is 385 g/mol. The van der Waals surface area contributed by atoms with E-state index in [0.29, 0.717) is 12.3 Å². The summed E-state index contributed by atoms with van der Waals surface area (Å²) in [7, 11) is 0. The van der Waals surface area contributed by atoms with Crippen molar-refractivity contribution in [2.75, 3.05) is 0 Å². The molecule has 0 unspecified atom stereocenters. The van der Waals surface area contributed by atoms with Gasteiger partial charge in [-0.3, -0.25) is 0 Å². The highest BCUT2D eigenvalue weighted by Gasteiger charge is 2.37. The van der Waals surface area contributed by atoms with E-state index in [1.54, 1.807) is 0 Å². The van der Waals surface area contributed by atoms with Gasteiger partial charge < -0.3 is 9.53 Å². The number of hydrogen-bond donors (Lipinski definition) is 0. The third-order valence-corrected chi connectivity index (χ3v) is 3.17. The number of alkyl halides is 7. The van der Waals surface area contributed by atoms with E-state index in [4.69, 9.17) is 16.3 Å². The maximum absolute atomic E-state index is 13.0. The smallest absolute Gasteiger partial charge is 0.433 e. The van der Waals surface area contributed by atoms with Gasteiger partial charge in [-0.05, 0) is 18.2 Å². The molecule has 0 saturated carbocycles. The quantitative estimate of drug-likeness (QED) is 0.432. The molecule has 0 aliphatic carbocycles. The Bertz CT molecular complexity index is 761. The molecular formula is C14H7ClF6N2O2. The van der Waals surface area contributed by atoms with Crippen molar-refractivity contribution in [3.63, 3.8) is 0 Å². The van der Waals surface area contributed by atoms with Gasteiger partial charge in [0.2, 0.25) is 5.88 Å². The highest BCUT2D eigenvalue weighted by atomic mass is 35.5. The zero-order chi connectivity index (χ0) is 18.8. The van der Waals surface area contributed by atoms with Crippen LogP contribution in [0, 0.1) is 0 Å². The first-order chi connectivity index (χ1) is 11.5. The van der Waals surface area contributed by atoms with E-state index in [9.17, 15) is 31.1 Å². The van der Waals surface area contributed by atoms with Gasteiger partial charge in [0.1, 0.15) is 23.1 Å². The highest BCUT2D eigenvalue weighted by Crippen LogP contribution is 2.36. The second-order valence-electron chi connectivity index (χ2n) is 4.60. The summed E-state index contributed by atoms with van der Waals surface area (Å²) in [5.41, 5.74) is -3.19. The van der Waals surface area contributed by atoms with Crippen molar-refractivity contribution in [1.29, 1.82) is 0 Å². The molecule has 0 amide bonds. The minimum Gasteiger partial charge on any atom is -0.437 e. The van der Waals surface area contributed by atoms with E-state index in [1.807, 2.05) is 0 Å². The van der Waals surface area contributed by atoms with E-state index in [-0.39, 0.29) is 12.0 Å². The standard InChI is InChI=1S/C14H7ClF6N2O2/c15-9(6-24)8-2-4-11(23-12(8)14(19,20)21)25-7-1-3-10(22-5-7)13(16,17)18/h1-6,9H/t9-/m1/s1. The first kappa shape index (κ1) is 19.0. The van der Waals surface area contributed by atoms with Gasteiger partial charge in [-0.1, -0.05) is 0 Å². The lowest BCUT2D eigenvalue weighted by Gasteiger charge is -2.14. The average Bonchev–Trinajstić information content (AvgIpc) is 2.53. The molecule has 2 aromatic rings. The van der Waals surface area contributed by atoms with Crippen molar-refractivity contribution in [3.05, 3.63) is 47.4 Å². The van der Waals surface area contributed by atoms with Crippen LogP contribution in [0.2, 0.25) is 0 Å². The fourth-order valence-electron chi connectivity index (χ4n) is 1.76. The minimum atomic E-state index is -4.91. The molecule has 0 radical (unpaired) electrons. The summed E-state index contributed by atoms with van der Waals surface area (Å²) in [6.07, 6.45) is -8.77. The summed E-state index contributed by atoms with van der Waals surface area (Å²) in [6.45, 7) is 0. The van der Waals surface area contributed by atoms with Crippen LogP contribution in [-0.2, 0) is 17.1 Å². The number of aromatic nitrogens is 2. The summed E-state index contributed by atoms with van der Waals surface area (Å²) in [4.78, 5) is 17.0. The van der Waals surface area contributed by atoms with Gasteiger partial charge >= 0.3 is 12.4 Å². The first-order valence-electron chi connectivity index (χ1n) is 6.41. The van der Waals surface area contributed by atoms with Crippen molar-refractivity contribution in [2.24, 2.45) is 0 Å². The summed E-state index contributed by atoms with van der Waals surface area (Å²) in [5.74, 6) is -0.799. The molecule has 1 atom stereocenters. The van der Waals surface area contributed by atoms with Crippen molar-refractivity contribution >= 4 is 17.9 Å². The Balaban J connectivity index is 2.33. The van der Waals surface area contributed by atoms with Crippen LogP contribution in [0.25, 0.3) is 0 Å². The fraction of sp³-hybridized carbons (Fsp3) is 0.214. The third-order valence-electron chi connectivity index (χ3n) is 2.84. The van der Waals surface area contributed by atoms with E-state index in [2.05, 4.69) is 9.97 Å². The number of rotatable bonds is 4. The van der Waals surface area contributed by atoms with Crippen molar-refractivity contribution in [3.8, 4) is 11.6 Å². The number of aldehydes is 1. The second-order valence-corrected chi connectivity index (χ2v) is 5.07. The normalized spacial score (nSPS) is 13.4. The first-order valence-corrected chi connectivity index (χ1v) is 6.84. The molecular weight excluding hydrogens is 378 g/mol. The third kappa shape index (κ3) is 4.59. The SMILES string of the molecule is O=C[C@@H](Cl)c1ccc(Oc2ccc(C(F)(F)F)nc2)nc1C(F)(F)F. The molecule has 2 heterocycles. The zero-order valence-corrected chi connectivity index (χ0v) is 12.7. The lowest BCUT2D eigenvalue weighted by molar-refractivity contribution is -0.142. The van der Waals surface area contributed by atoms with Gasteiger partial charge in [-0.2, -0.15) is 26.3 Å². The van der Waals surface area contributed by atoms with E-state index in [1.165, 1.54) is 0 Å². The second kappa shape index (κ2) is 6.87. The van der Waals surface area contributed by atoms with Gasteiger partial charge in [0.25, 0.3) is 0 Å². The van der Waals surface area contributed by atoms with Crippen molar-refractivity contribution < 1.29 is 35.9 Å². The maximum atomic E-state index is 13.0. The molecule has 4 nitrogen and oxygen atoms in total. The van der Waals surface area contributed by atoms with Crippen LogP contribution in [0.15, 0.2) is 30.5 Å². The number of ether oxygens (including phenoxy) is 1. The molecule has 25 heavy (non-hydrogen) atoms. The van der Waals surface area contributed by atoms with Crippen LogP contribution < -0.4 is 4.74 Å². The predicted octanol–water partition coefficient (Wildman–Crippen LogP) is 4.79. The Morgan fingerprint density at radius 1 is 1.04 bits per heavy atom. The Hall–Kier alpha value is -2.36. The molecule has 134 valence electrons. The molecule has 0 aliphatic rings. The molecule has 0 spiro atoms. The summed E-state index contributed by atoms with van der Waals surface area (Å²) in [6, 6.07) is 3.39. The zero-order valence-electron chi connectivity index (χ0n) is 11.9. The fourth-order valence-corrected chi connectivity index (χ4v) is 1.94. The van der Waals surface area contributed by atoms with Crippen molar-refractivity contribution in [2.45, 2.75) is 17.7 Å². The monoisotopic (exact) mass is 384 g/mol. The van der Waals surface area contributed by atoms with Crippen LogP contribution in [0.5, 0.6) is 11.6 Å². The van der Waals surface area contributed by atoms with Crippen LogP contribution in [0.3, 0.4) is 0 Å². The lowest BCUT2D eigenvalue weighted by atomic mass is 10.1. The molecule has 0 N–H and O–H groups in total. The maximum Gasteiger partial charge on any atom is 0.433 e. The Labute approximate surface area is 141 Å². The van der Waals surface area contributed by atoms with Crippen LogP contribution in [0.1, 0.15) is 22.3 Å². The molecule has 2 rings (SSSR count). The molecule has 0 bridgehead atoms. The minimum absolute atomic E-state index is 0.105. The van der Waals surface area contributed by atoms with Crippen molar-refractivity contribution in [1.82, 2.24) is 9.97 Å². The van der Waals surface area contributed by atoms with Gasteiger partial charge in [0.05, 0.1) is 6.20 Å². The van der Waals surface area contributed by atoms with Gasteiger partial charge in [-0.15, -0.1) is 11.6 Å². The lowest BCUT2D eigenvalue weighted by Crippen LogP contribution is -2.14. The highest BCUT2D eigenvalue weighted by molar-refractivity contribution is 6.27. The van der Waals surface area contributed by atoms with E-state index >= 15 is 0 Å². The summed E-state index contributed by atoms with van der Waals surface area (Å²) < 4.78 is 81.2. The molecule has 11 heteroatoms. The van der Waals surface area contributed by atoms with Gasteiger partial charge in [0.15, 0.2) is 5.69 Å². The van der Waals surface area contributed by atoms with Crippen LogP contribution in [-0.4, -0.2) is 16.3 Å². The molecule has 0 aliphatic heterocycles. The molecule has 0 saturated heterocycles. The number of carbonyl (C=O) groups excluding carboxylic acids is 1. The topological polar surface area (TPSA) is 52.1 Å². The van der Waals surface area contributed by atoms with Crippen LogP contribution in [0.4, 0.5) is 26.3 Å². The number of carbonyl (C=O) groups is 1. The Morgan fingerprint density at radius 3 is 2.20 bits per heavy atom. The number of halogens is 7. The Morgan fingerprint density at radius 2 is 1.72 bits per heavy atom. The van der Waals surface area contributed by atoms with E-state index in [0.717, 1.165) is 18.2 Å². The largest absolute Gasteiger partial charge is 0.437 e. The molecule has 0 fully saturated rings. The van der Waals surface area contributed by atoms with E-state index < -0.39 is 40.6 Å².